The van der Waals surface area contributed by atoms with E-state index >= 15 is 0 Å². The van der Waals surface area contributed by atoms with Crippen LogP contribution in [0.3, 0.4) is 0 Å². The summed E-state index contributed by atoms with van der Waals surface area (Å²) in [7, 11) is 1.81. The number of hydrogen-bond acceptors (Lipinski definition) is 2. The van der Waals surface area contributed by atoms with E-state index in [4.69, 9.17) is 5.73 Å². The zero-order chi connectivity index (χ0) is 6.57. The van der Waals surface area contributed by atoms with Crippen molar-refractivity contribution in [3.05, 3.63) is 24.0 Å². The van der Waals surface area contributed by atoms with Crippen molar-refractivity contribution >= 4 is 0 Å². The maximum absolute atomic E-state index is 5.19. The van der Waals surface area contributed by atoms with Gasteiger partial charge in [0.25, 0.3) is 0 Å². The third-order valence-corrected chi connectivity index (χ3v) is 1.03. The largest absolute Gasteiger partial charge is 0.404 e. The first kappa shape index (κ1) is 7.08. The Balaban J connectivity index is 3.83. The number of nitrogens with one attached hydrogen (secondary N) is 1. The van der Waals surface area contributed by atoms with E-state index in [-0.39, 0.29) is 0 Å². The van der Waals surface area contributed by atoms with E-state index in [1.54, 1.807) is 0 Å². The number of nitrogens with two attached hydrogens (primary N) is 1. The molecule has 0 aliphatic heterocycles. The molecule has 46 valence electrons. The van der Waals surface area contributed by atoms with Gasteiger partial charge < -0.3 is 11.1 Å². The quantitative estimate of drug-likeness (QED) is 0.513. The van der Waals surface area contributed by atoms with E-state index in [2.05, 4.69) is 11.9 Å². The van der Waals surface area contributed by atoms with Gasteiger partial charge in [-0.2, -0.15) is 0 Å². The van der Waals surface area contributed by atoms with Gasteiger partial charge in [0.15, 0.2) is 0 Å². The molecule has 0 radical (unpaired) electrons. The Morgan fingerprint density at radius 2 is 2.25 bits per heavy atom. The maximum Gasteiger partial charge on any atom is 0.0308 e. The van der Waals surface area contributed by atoms with Crippen LogP contribution in [0.2, 0.25) is 0 Å². The van der Waals surface area contributed by atoms with Gasteiger partial charge in [0, 0.05) is 12.7 Å². The van der Waals surface area contributed by atoms with Crippen LogP contribution in [0.1, 0.15) is 6.92 Å². The van der Waals surface area contributed by atoms with E-state index in [0.717, 1.165) is 11.3 Å². The Morgan fingerprint density at radius 1 is 1.75 bits per heavy atom. The molecule has 0 spiro atoms. The lowest BCUT2D eigenvalue weighted by molar-refractivity contribution is 1.00. The van der Waals surface area contributed by atoms with Gasteiger partial charge in [-0.1, -0.05) is 6.58 Å². The predicted octanol–water partition coefficient (Wildman–Crippen LogP) is 0.582. The molecule has 8 heavy (non-hydrogen) atoms. The fraction of sp³-hybridized carbons (Fsp3) is 0.333. The van der Waals surface area contributed by atoms with Crippen LogP contribution in [0.15, 0.2) is 24.0 Å². The summed E-state index contributed by atoms with van der Waals surface area (Å²) in [5, 5.41) is 2.87. The average molecular weight is 112 g/mol. The summed E-state index contributed by atoms with van der Waals surface area (Å²) in [6.45, 7) is 5.59. The molecule has 0 saturated carbocycles. The molecule has 0 amide bonds. The maximum atomic E-state index is 5.19. The second-order valence-corrected chi connectivity index (χ2v) is 1.58. The van der Waals surface area contributed by atoms with Gasteiger partial charge in [-0.3, -0.25) is 0 Å². The van der Waals surface area contributed by atoms with Gasteiger partial charge in [0.1, 0.15) is 0 Å². The lowest BCUT2D eigenvalue weighted by Gasteiger charge is -2.01. The van der Waals surface area contributed by atoms with Gasteiger partial charge in [0.05, 0.1) is 0 Å². The standard InChI is InChI=1S/C6H12N2/c1-5(4-7)6(2)8-3/h4,8H,2,7H2,1,3H3/b5-4-. The third-order valence-electron chi connectivity index (χ3n) is 1.03. The zero-order valence-corrected chi connectivity index (χ0v) is 5.36. The SMILES string of the molecule is C=C(NC)/C(C)=C\N. The second-order valence-electron chi connectivity index (χ2n) is 1.58. The fourth-order valence-corrected chi connectivity index (χ4v) is 0.298. The molecule has 0 rings (SSSR count). The van der Waals surface area contributed by atoms with Crippen molar-refractivity contribution in [1.29, 1.82) is 0 Å². The summed E-state index contributed by atoms with van der Waals surface area (Å²) in [5.41, 5.74) is 7.03. The van der Waals surface area contributed by atoms with Crippen molar-refractivity contribution in [2.24, 2.45) is 5.73 Å². The molecule has 0 unspecified atom stereocenters. The molecule has 0 aliphatic rings. The lowest BCUT2D eigenvalue weighted by atomic mass is 10.3. The first-order valence-electron chi connectivity index (χ1n) is 2.48. The van der Waals surface area contributed by atoms with Crippen LogP contribution in [0.25, 0.3) is 0 Å². The first-order chi connectivity index (χ1) is 3.72. The molecule has 0 aliphatic carbocycles. The molecule has 0 aromatic carbocycles. The van der Waals surface area contributed by atoms with Gasteiger partial charge in [-0.05, 0) is 18.7 Å². The van der Waals surface area contributed by atoms with Gasteiger partial charge >= 0.3 is 0 Å². The molecule has 0 heterocycles. The van der Waals surface area contributed by atoms with Crippen molar-refractivity contribution in [2.45, 2.75) is 6.92 Å². The lowest BCUT2D eigenvalue weighted by Crippen LogP contribution is -2.05. The third kappa shape index (κ3) is 1.69. The molecule has 0 fully saturated rings. The van der Waals surface area contributed by atoms with Crippen molar-refractivity contribution < 1.29 is 0 Å². The van der Waals surface area contributed by atoms with Crippen molar-refractivity contribution in [2.75, 3.05) is 7.05 Å². The minimum absolute atomic E-state index is 0.868. The van der Waals surface area contributed by atoms with Crippen LogP contribution in [-0.4, -0.2) is 7.05 Å². The van der Waals surface area contributed by atoms with E-state index in [1.807, 2.05) is 14.0 Å². The molecule has 0 atom stereocenters. The van der Waals surface area contributed by atoms with Crippen molar-refractivity contribution in [3.63, 3.8) is 0 Å². The van der Waals surface area contributed by atoms with Crippen LogP contribution < -0.4 is 11.1 Å². The predicted molar refractivity (Wildman–Crippen MR) is 36.1 cm³/mol. The fourth-order valence-electron chi connectivity index (χ4n) is 0.298. The Bertz CT molecular complexity index is 114. The highest BCUT2D eigenvalue weighted by Crippen LogP contribution is 1.97. The molecule has 0 bridgehead atoms. The molecule has 2 heteroatoms. The zero-order valence-electron chi connectivity index (χ0n) is 5.36. The highest BCUT2D eigenvalue weighted by molar-refractivity contribution is 5.22. The molecule has 3 N–H and O–H groups in total. The monoisotopic (exact) mass is 112 g/mol. The molecule has 2 nitrogen and oxygen atoms in total. The van der Waals surface area contributed by atoms with E-state index in [0.29, 0.717) is 0 Å². The summed E-state index contributed by atoms with van der Waals surface area (Å²) in [6, 6.07) is 0. The summed E-state index contributed by atoms with van der Waals surface area (Å²) >= 11 is 0. The Morgan fingerprint density at radius 3 is 2.38 bits per heavy atom. The Hall–Kier alpha value is -0.920. The Labute approximate surface area is 50.1 Å². The van der Waals surface area contributed by atoms with Crippen LogP contribution in [-0.2, 0) is 0 Å². The van der Waals surface area contributed by atoms with E-state index in [1.165, 1.54) is 6.20 Å². The molecule has 0 aromatic rings. The van der Waals surface area contributed by atoms with Gasteiger partial charge in [-0.15, -0.1) is 0 Å². The van der Waals surface area contributed by atoms with Crippen LogP contribution in [0.5, 0.6) is 0 Å². The highest BCUT2D eigenvalue weighted by atomic mass is 14.8. The smallest absolute Gasteiger partial charge is 0.0308 e. The Kier molecular flexibility index (Phi) is 2.77. The van der Waals surface area contributed by atoms with E-state index < -0.39 is 0 Å². The first-order valence-corrected chi connectivity index (χ1v) is 2.48. The van der Waals surface area contributed by atoms with Crippen LogP contribution in [0.4, 0.5) is 0 Å². The number of allylic oxidation sites excluding steroid dienone is 1. The topological polar surface area (TPSA) is 38.0 Å². The number of rotatable bonds is 2. The van der Waals surface area contributed by atoms with Gasteiger partial charge in [0.2, 0.25) is 0 Å². The minimum atomic E-state index is 0.868. The molecular weight excluding hydrogens is 100 g/mol. The average Bonchev–Trinajstić information content (AvgIpc) is 1.84. The highest BCUT2D eigenvalue weighted by Gasteiger charge is 1.87. The van der Waals surface area contributed by atoms with Crippen molar-refractivity contribution in [1.82, 2.24) is 5.32 Å². The van der Waals surface area contributed by atoms with Crippen LogP contribution >= 0.6 is 0 Å². The summed E-state index contributed by atoms with van der Waals surface area (Å²) in [5.74, 6) is 0. The van der Waals surface area contributed by atoms with Gasteiger partial charge in [-0.25, -0.2) is 0 Å². The summed E-state index contributed by atoms with van der Waals surface area (Å²) < 4.78 is 0. The van der Waals surface area contributed by atoms with E-state index in [9.17, 15) is 0 Å². The summed E-state index contributed by atoms with van der Waals surface area (Å²) in [4.78, 5) is 0. The molecule has 0 saturated heterocycles. The summed E-state index contributed by atoms with van der Waals surface area (Å²) in [6.07, 6.45) is 1.53. The molecular formula is C6H12N2. The molecule has 0 aromatic heterocycles. The second kappa shape index (κ2) is 3.13. The number of likely N-dealkylation sites (N-methyl/N-ethyl adjacent to an activating group) is 1. The van der Waals surface area contributed by atoms with Crippen molar-refractivity contribution in [3.8, 4) is 0 Å². The number of hydrogen-bond donors (Lipinski definition) is 2. The normalized spacial score (nSPS) is 11.0. The van der Waals surface area contributed by atoms with Crippen LogP contribution in [0, 0.1) is 0 Å². The minimum Gasteiger partial charge on any atom is -0.404 e.